The molecule has 1 saturated carbocycles. The maximum absolute atomic E-state index is 9.11. The van der Waals surface area contributed by atoms with Crippen LogP contribution >= 0.6 is 0 Å². The average molecular weight is 215 g/mol. The van der Waals surface area contributed by atoms with E-state index < -0.39 is 0 Å². The van der Waals surface area contributed by atoms with E-state index in [1.54, 1.807) is 0 Å². The highest BCUT2D eigenvalue weighted by Crippen LogP contribution is 2.48. The molecule has 2 heteroatoms. The molecule has 2 nitrogen and oxygen atoms in total. The van der Waals surface area contributed by atoms with Crippen LogP contribution in [-0.4, -0.2) is 10.9 Å². The van der Waals surface area contributed by atoms with E-state index in [0.717, 1.165) is 12.1 Å². The highest BCUT2D eigenvalue weighted by atomic mass is 16.4. The summed E-state index contributed by atoms with van der Waals surface area (Å²) in [6, 6.07) is 8.45. The lowest BCUT2D eigenvalue weighted by Crippen LogP contribution is -2.26. The summed E-state index contributed by atoms with van der Waals surface area (Å²) in [5, 5.41) is 12.6. The summed E-state index contributed by atoms with van der Waals surface area (Å²) in [7, 11) is 0. The summed E-state index contributed by atoms with van der Waals surface area (Å²) in [6.07, 6.45) is 7.42. The Morgan fingerprint density at radius 1 is 1.06 bits per heavy atom. The summed E-state index contributed by atoms with van der Waals surface area (Å²) >= 11 is 0. The Bertz CT molecular complexity index is 430. The van der Waals surface area contributed by atoms with Crippen molar-refractivity contribution in [3.8, 4) is 0 Å². The highest BCUT2D eigenvalue weighted by molar-refractivity contribution is 6.05. The second-order valence-corrected chi connectivity index (χ2v) is 5.11. The molecular weight excluding hydrogens is 198 g/mol. The smallest absolute Gasteiger partial charge is 0.0879 e. The van der Waals surface area contributed by atoms with E-state index >= 15 is 0 Å². The van der Waals surface area contributed by atoms with Crippen LogP contribution in [-0.2, 0) is 5.41 Å². The third kappa shape index (κ3) is 1.29. The number of rotatable bonds is 0. The van der Waals surface area contributed by atoms with Crippen LogP contribution in [0.3, 0.4) is 0 Å². The van der Waals surface area contributed by atoms with Gasteiger partial charge in [0.15, 0.2) is 0 Å². The van der Waals surface area contributed by atoms with Gasteiger partial charge in [-0.05, 0) is 18.4 Å². The van der Waals surface area contributed by atoms with Gasteiger partial charge >= 0.3 is 0 Å². The lowest BCUT2D eigenvalue weighted by molar-refractivity contribution is 0.297. The van der Waals surface area contributed by atoms with E-state index in [1.165, 1.54) is 43.2 Å². The minimum Gasteiger partial charge on any atom is -0.411 e. The molecule has 0 unspecified atom stereocenters. The molecule has 16 heavy (non-hydrogen) atoms. The summed E-state index contributed by atoms with van der Waals surface area (Å²) in [5.74, 6) is 0. The number of fused-ring (bicyclic) bond motifs is 2. The molecule has 0 heterocycles. The fraction of sp³-hybridized carbons (Fsp3) is 0.500. The number of nitrogens with zero attached hydrogens (tertiary/aromatic N) is 1. The molecule has 0 radical (unpaired) electrons. The van der Waals surface area contributed by atoms with E-state index in [0.29, 0.717) is 0 Å². The molecule has 1 aromatic carbocycles. The van der Waals surface area contributed by atoms with Crippen molar-refractivity contribution in [2.45, 2.75) is 43.9 Å². The molecule has 0 bridgehead atoms. The van der Waals surface area contributed by atoms with Crippen molar-refractivity contribution in [1.29, 1.82) is 0 Å². The van der Waals surface area contributed by atoms with E-state index in [1.807, 2.05) is 6.07 Å². The van der Waals surface area contributed by atoms with E-state index in [-0.39, 0.29) is 5.41 Å². The first-order valence-corrected chi connectivity index (χ1v) is 6.17. The van der Waals surface area contributed by atoms with Gasteiger partial charge in [-0.25, -0.2) is 0 Å². The van der Waals surface area contributed by atoms with Crippen molar-refractivity contribution in [3.63, 3.8) is 0 Å². The maximum atomic E-state index is 9.11. The number of hydrogen-bond acceptors (Lipinski definition) is 2. The van der Waals surface area contributed by atoms with Gasteiger partial charge in [0.25, 0.3) is 0 Å². The van der Waals surface area contributed by atoms with E-state index in [9.17, 15) is 0 Å². The van der Waals surface area contributed by atoms with Gasteiger partial charge < -0.3 is 5.21 Å². The summed E-state index contributed by atoms with van der Waals surface area (Å²) in [5.41, 5.74) is 3.77. The lowest BCUT2D eigenvalue weighted by atomic mass is 9.70. The van der Waals surface area contributed by atoms with Gasteiger partial charge in [-0.1, -0.05) is 48.7 Å². The predicted octanol–water partition coefficient (Wildman–Crippen LogP) is 3.47. The zero-order valence-electron chi connectivity index (χ0n) is 9.45. The van der Waals surface area contributed by atoms with Crippen LogP contribution in [0.25, 0.3) is 0 Å². The molecule has 3 rings (SSSR count). The van der Waals surface area contributed by atoms with Crippen molar-refractivity contribution >= 4 is 5.71 Å². The summed E-state index contributed by atoms with van der Waals surface area (Å²) in [6.45, 7) is 0. The minimum atomic E-state index is 0.288. The van der Waals surface area contributed by atoms with Gasteiger partial charge in [-0.15, -0.1) is 0 Å². The third-order valence-electron chi connectivity index (χ3n) is 4.25. The standard InChI is InChI=1S/C14H17NO/c16-15-13-10-14(8-4-1-5-9-14)12-7-3-2-6-11(12)13/h2-3,6-7,16H,1,4-5,8-10H2. The fourth-order valence-electron chi connectivity index (χ4n) is 3.47. The van der Waals surface area contributed by atoms with Gasteiger partial charge in [0.2, 0.25) is 0 Å². The van der Waals surface area contributed by atoms with Crippen LogP contribution in [0.5, 0.6) is 0 Å². The molecule has 2 aliphatic rings. The van der Waals surface area contributed by atoms with Gasteiger partial charge in [0.05, 0.1) is 5.71 Å². The van der Waals surface area contributed by atoms with E-state index in [2.05, 4.69) is 23.4 Å². The Morgan fingerprint density at radius 3 is 2.56 bits per heavy atom. The Labute approximate surface area is 96.0 Å². The largest absolute Gasteiger partial charge is 0.411 e. The van der Waals surface area contributed by atoms with Crippen molar-refractivity contribution < 1.29 is 5.21 Å². The van der Waals surface area contributed by atoms with Crippen LogP contribution in [0.2, 0.25) is 0 Å². The minimum absolute atomic E-state index is 0.288. The predicted molar refractivity (Wildman–Crippen MR) is 64.1 cm³/mol. The number of oxime groups is 1. The molecule has 84 valence electrons. The zero-order valence-corrected chi connectivity index (χ0v) is 9.45. The monoisotopic (exact) mass is 215 g/mol. The summed E-state index contributed by atoms with van der Waals surface area (Å²) in [4.78, 5) is 0. The molecular formula is C14H17NO. The Hall–Kier alpha value is -1.31. The molecule has 1 spiro atoms. The molecule has 1 N–H and O–H groups in total. The second-order valence-electron chi connectivity index (χ2n) is 5.11. The first-order chi connectivity index (χ1) is 7.86. The van der Waals surface area contributed by atoms with Crippen LogP contribution in [0.1, 0.15) is 49.7 Å². The topological polar surface area (TPSA) is 32.6 Å². The van der Waals surface area contributed by atoms with Crippen molar-refractivity contribution in [3.05, 3.63) is 35.4 Å². The zero-order chi connectivity index (χ0) is 11.0. The molecule has 1 aromatic rings. The quantitative estimate of drug-likeness (QED) is 0.521. The molecule has 2 aliphatic carbocycles. The number of benzene rings is 1. The van der Waals surface area contributed by atoms with E-state index in [4.69, 9.17) is 5.21 Å². The van der Waals surface area contributed by atoms with Crippen molar-refractivity contribution in [2.75, 3.05) is 0 Å². The SMILES string of the molecule is ON=C1CC2(CCCCC2)c2ccccc21. The molecule has 0 saturated heterocycles. The third-order valence-corrected chi connectivity index (χ3v) is 4.25. The van der Waals surface area contributed by atoms with Crippen LogP contribution < -0.4 is 0 Å². The second kappa shape index (κ2) is 3.62. The summed E-state index contributed by atoms with van der Waals surface area (Å²) < 4.78 is 0. The lowest BCUT2D eigenvalue weighted by Gasteiger charge is -2.33. The molecule has 0 atom stereocenters. The van der Waals surface area contributed by atoms with Crippen LogP contribution in [0.4, 0.5) is 0 Å². The molecule has 0 aliphatic heterocycles. The average Bonchev–Trinajstić information content (AvgIpc) is 2.66. The van der Waals surface area contributed by atoms with Gasteiger partial charge in [0, 0.05) is 17.4 Å². The molecule has 0 amide bonds. The normalized spacial score (nSPS) is 24.9. The Morgan fingerprint density at radius 2 is 1.81 bits per heavy atom. The van der Waals surface area contributed by atoms with Crippen LogP contribution in [0, 0.1) is 0 Å². The fourth-order valence-corrected chi connectivity index (χ4v) is 3.47. The first-order valence-electron chi connectivity index (χ1n) is 6.17. The molecule has 1 fully saturated rings. The highest BCUT2D eigenvalue weighted by Gasteiger charge is 2.42. The van der Waals surface area contributed by atoms with Gasteiger partial charge in [0.1, 0.15) is 0 Å². The van der Waals surface area contributed by atoms with Crippen molar-refractivity contribution in [2.24, 2.45) is 5.16 Å². The Kier molecular flexibility index (Phi) is 2.23. The van der Waals surface area contributed by atoms with Crippen LogP contribution in [0.15, 0.2) is 29.4 Å². The van der Waals surface area contributed by atoms with Crippen molar-refractivity contribution in [1.82, 2.24) is 0 Å². The van der Waals surface area contributed by atoms with Gasteiger partial charge in [-0.2, -0.15) is 0 Å². The maximum Gasteiger partial charge on any atom is 0.0879 e. The number of hydrogen-bond donors (Lipinski definition) is 1. The first kappa shape index (κ1) is 9.88. The van der Waals surface area contributed by atoms with Gasteiger partial charge in [-0.3, -0.25) is 0 Å². The Balaban J connectivity index is 2.11. The molecule has 0 aromatic heterocycles.